The largest absolute Gasteiger partial charge is 0.466 e. The first kappa shape index (κ1) is 19.4. The number of urea groups is 1. The summed E-state index contributed by atoms with van der Waals surface area (Å²) in [4.78, 5) is 27.7. The third-order valence-electron chi connectivity index (χ3n) is 4.74. The summed E-state index contributed by atoms with van der Waals surface area (Å²) in [5, 5.41) is 5.08. The van der Waals surface area contributed by atoms with Crippen LogP contribution in [-0.2, 0) is 16.0 Å². The van der Waals surface area contributed by atoms with Gasteiger partial charge in [-0.15, -0.1) is 11.3 Å². The molecule has 0 saturated carbocycles. The Morgan fingerprint density at radius 3 is 2.70 bits per heavy atom. The molecule has 2 aromatic rings. The molecule has 0 unspecified atom stereocenters. The Kier molecular flexibility index (Phi) is 6.87. The van der Waals surface area contributed by atoms with Gasteiger partial charge in [-0.1, -0.05) is 31.0 Å². The van der Waals surface area contributed by atoms with Crippen molar-refractivity contribution >= 4 is 29.0 Å². The van der Waals surface area contributed by atoms with Crippen LogP contribution in [0.25, 0.3) is 0 Å². The average molecular weight is 387 g/mol. The maximum Gasteiger partial charge on any atom is 0.322 e. The Balaban J connectivity index is 1.65. The molecule has 0 aliphatic carbocycles. The Morgan fingerprint density at radius 2 is 2.00 bits per heavy atom. The van der Waals surface area contributed by atoms with E-state index in [0.717, 1.165) is 43.5 Å². The predicted molar refractivity (Wildman–Crippen MR) is 108 cm³/mol. The van der Waals surface area contributed by atoms with Gasteiger partial charge in [0.2, 0.25) is 0 Å². The van der Waals surface area contributed by atoms with Crippen LogP contribution in [0.1, 0.15) is 49.1 Å². The van der Waals surface area contributed by atoms with Crippen LogP contribution in [-0.4, -0.2) is 30.1 Å². The van der Waals surface area contributed by atoms with Gasteiger partial charge in [0, 0.05) is 17.1 Å². The number of likely N-dealkylation sites (tertiary alicyclic amines) is 1. The number of nitrogens with zero attached hydrogens (tertiary/aromatic N) is 1. The van der Waals surface area contributed by atoms with Crippen molar-refractivity contribution in [2.45, 2.75) is 45.1 Å². The lowest BCUT2D eigenvalue weighted by Crippen LogP contribution is -2.37. The van der Waals surface area contributed by atoms with Crippen molar-refractivity contribution in [2.24, 2.45) is 0 Å². The lowest BCUT2D eigenvalue weighted by atomic mass is 10.1. The van der Waals surface area contributed by atoms with Crippen LogP contribution in [0.3, 0.4) is 0 Å². The highest BCUT2D eigenvalue weighted by atomic mass is 32.1. The summed E-state index contributed by atoms with van der Waals surface area (Å²) in [6.07, 6.45) is 4.60. The summed E-state index contributed by atoms with van der Waals surface area (Å²) >= 11 is 1.71. The van der Waals surface area contributed by atoms with Crippen molar-refractivity contribution in [1.29, 1.82) is 0 Å². The fraction of sp³-hybridized carbons (Fsp3) is 0.429. The normalized spacial score (nSPS) is 17.2. The molecule has 1 aromatic heterocycles. The first-order chi connectivity index (χ1) is 13.2. The molecule has 1 aliphatic heterocycles. The zero-order valence-corrected chi connectivity index (χ0v) is 16.5. The molecule has 27 heavy (non-hydrogen) atoms. The predicted octanol–water partition coefficient (Wildman–Crippen LogP) is 5.00. The van der Waals surface area contributed by atoms with Crippen molar-refractivity contribution in [3.05, 3.63) is 52.2 Å². The Hall–Kier alpha value is -2.34. The van der Waals surface area contributed by atoms with Crippen molar-refractivity contribution < 1.29 is 14.3 Å². The minimum atomic E-state index is -0.238. The quantitative estimate of drug-likeness (QED) is 0.736. The molecule has 6 heteroatoms. The summed E-state index contributed by atoms with van der Waals surface area (Å²) in [6.45, 7) is 2.95. The molecule has 1 fully saturated rings. The maximum absolute atomic E-state index is 12.9. The number of nitrogens with one attached hydrogen (secondary N) is 1. The van der Waals surface area contributed by atoms with E-state index in [-0.39, 0.29) is 24.5 Å². The number of amides is 2. The highest BCUT2D eigenvalue weighted by Gasteiger charge is 2.27. The van der Waals surface area contributed by atoms with Crippen molar-refractivity contribution in [3.8, 4) is 0 Å². The fourth-order valence-electron chi connectivity index (χ4n) is 3.41. The summed E-state index contributed by atoms with van der Waals surface area (Å²) in [5.41, 5.74) is 1.61. The molecule has 1 N–H and O–H groups in total. The van der Waals surface area contributed by atoms with E-state index >= 15 is 0 Å². The number of hydrogen-bond donors (Lipinski definition) is 1. The van der Waals surface area contributed by atoms with Gasteiger partial charge < -0.3 is 15.0 Å². The molecule has 0 radical (unpaired) electrons. The molecular weight excluding hydrogens is 360 g/mol. The first-order valence-corrected chi connectivity index (χ1v) is 10.4. The van der Waals surface area contributed by atoms with Crippen LogP contribution in [0.15, 0.2) is 41.8 Å². The van der Waals surface area contributed by atoms with Crippen LogP contribution in [0, 0.1) is 0 Å². The van der Waals surface area contributed by atoms with E-state index in [4.69, 9.17) is 4.74 Å². The molecule has 3 rings (SSSR count). The van der Waals surface area contributed by atoms with E-state index in [1.54, 1.807) is 18.3 Å². The highest BCUT2D eigenvalue weighted by Crippen LogP contribution is 2.33. The number of anilines is 1. The summed E-state index contributed by atoms with van der Waals surface area (Å²) < 4.78 is 4.96. The zero-order chi connectivity index (χ0) is 19.1. The Labute approximate surface area is 164 Å². The zero-order valence-electron chi connectivity index (χ0n) is 15.6. The summed E-state index contributed by atoms with van der Waals surface area (Å²) in [7, 11) is 0. The number of benzene rings is 1. The minimum absolute atomic E-state index is 0.0616. The van der Waals surface area contributed by atoms with E-state index in [2.05, 4.69) is 16.8 Å². The Bertz CT molecular complexity index is 743. The maximum atomic E-state index is 12.9. The van der Waals surface area contributed by atoms with E-state index in [1.807, 2.05) is 35.2 Å². The lowest BCUT2D eigenvalue weighted by molar-refractivity contribution is -0.142. The molecule has 1 aromatic carbocycles. The van der Waals surface area contributed by atoms with Crippen molar-refractivity contribution in [1.82, 2.24) is 4.90 Å². The second kappa shape index (κ2) is 9.55. The van der Waals surface area contributed by atoms with Gasteiger partial charge in [0.1, 0.15) is 0 Å². The standard InChI is InChI=1S/C21H26N2O3S/c1-2-26-20(24)15-16-9-11-17(12-10-16)22-21(25)23-13-5-3-4-7-18(23)19-8-6-14-27-19/h6,8-12,14,18H,2-5,7,13,15H2,1H3,(H,22,25)/t18-/m0/s1. The van der Waals surface area contributed by atoms with Crippen LogP contribution in [0.4, 0.5) is 10.5 Å². The monoisotopic (exact) mass is 386 g/mol. The van der Waals surface area contributed by atoms with Crippen LogP contribution < -0.4 is 5.32 Å². The Morgan fingerprint density at radius 1 is 1.19 bits per heavy atom. The molecule has 0 spiro atoms. The van der Waals surface area contributed by atoms with Gasteiger partial charge >= 0.3 is 12.0 Å². The molecule has 144 valence electrons. The van der Waals surface area contributed by atoms with Crippen molar-refractivity contribution in [2.75, 3.05) is 18.5 Å². The first-order valence-electron chi connectivity index (χ1n) is 9.53. The molecule has 0 bridgehead atoms. The molecular formula is C21H26N2O3S. The topological polar surface area (TPSA) is 58.6 Å². The molecule has 1 saturated heterocycles. The van der Waals surface area contributed by atoms with E-state index in [1.165, 1.54) is 4.88 Å². The van der Waals surface area contributed by atoms with Gasteiger partial charge in [-0.2, -0.15) is 0 Å². The second-order valence-corrected chi connectivity index (χ2v) is 7.66. The smallest absolute Gasteiger partial charge is 0.322 e. The van der Waals surface area contributed by atoms with E-state index < -0.39 is 0 Å². The van der Waals surface area contributed by atoms with Gasteiger partial charge in [0.15, 0.2) is 0 Å². The van der Waals surface area contributed by atoms with Crippen molar-refractivity contribution in [3.63, 3.8) is 0 Å². The molecule has 2 heterocycles. The second-order valence-electron chi connectivity index (χ2n) is 6.68. The fourth-order valence-corrected chi connectivity index (χ4v) is 4.28. The van der Waals surface area contributed by atoms with Gasteiger partial charge in [-0.25, -0.2) is 4.79 Å². The number of ether oxygens (including phenoxy) is 1. The number of thiophene rings is 1. The highest BCUT2D eigenvalue weighted by molar-refractivity contribution is 7.10. The number of esters is 1. The van der Waals surface area contributed by atoms with Gasteiger partial charge in [0.05, 0.1) is 19.1 Å². The molecule has 2 amide bonds. The van der Waals surface area contributed by atoms with Gasteiger partial charge in [-0.05, 0) is 48.9 Å². The summed E-state index contributed by atoms with van der Waals surface area (Å²) in [6, 6.07) is 11.6. The third kappa shape index (κ3) is 5.32. The third-order valence-corrected chi connectivity index (χ3v) is 5.72. The number of carbonyl (C=O) groups excluding carboxylic acids is 2. The SMILES string of the molecule is CCOC(=O)Cc1ccc(NC(=O)N2CCCCC[C@H]2c2cccs2)cc1. The van der Waals surface area contributed by atoms with E-state index in [0.29, 0.717) is 6.61 Å². The molecule has 1 aliphatic rings. The van der Waals surface area contributed by atoms with Gasteiger partial charge in [0.25, 0.3) is 0 Å². The van der Waals surface area contributed by atoms with E-state index in [9.17, 15) is 9.59 Å². The molecule has 1 atom stereocenters. The van der Waals surface area contributed by atoms with Crippen LogP contribution in [0.2, 0.25) is 0 Å². The lowest BCUT2D eigenvalue weighted by Gasteiger charge is -2.29. The summed E-state index contributed by atoms with van der Waals surface area (Å²) in [5.74, 6) is -0.238. The van der Waals surface area contributed by atoms with Gasteiger partial charge in [-0.3, -0.25) is 4.79 Å². The number of hydrogen-bond acceptors (Lipinski definition) is 4. The molecule has 5 nitrogen and oxygen atoms in total. The van der Waals surface area contributed by atoms with Crippen LogP contribution in [0.5, 0.6) is 0 Å². The number of rotatable bonds is 5. The van der Waals surface area contributed by atoms with Crippen LogP contribution >= 0.6 is 11.3 Å². The average Bonchev–Trinajstić information content (AvgIpc) is 3.07. The number of carbonyl (C=O) groups is 2. The minimum Gasteiger partial charge on any atom is -0.466 e.